The number of halogens is 1. The van der Waals surface area contributed by atoms with E-state index in [1.165, 1.54) is 0 Å². The Labute approximate surface area is 144 Å². The van der Waals surface area contributed by atoms with Crippen LogP contribution in [0, 0.1) is 20.8 Å². The summed E-state index contributed by atoms with van der Waals surface area (Å²) in [5, 5.41) is 5.48. The summed E-state index contributed by atoms with van der Waals surface area (Å²) in [5.41, 5.74) is 4.49. The van der Waals surface area contributed by atoms with Crippen molar-refractivity contribution >= 4 is 33.4 Å². The molecule has 5 heteroatoms. The summed E-state index contributed by atoms with van der Waals surface area (Å²) in [6.07, 6.45) is 0. The van der Waals surface area contributed by atoms with Gasteiger partial charge in [0.05, 0.1) is 6.54 Å². The zero-order valence-corrected chi connectivity index (χ0v) is 15.0. The van der Waals surface area contributed by atoms with Crippen molar-refractivity contribution in [2.24, 2.45) is 0 Å². The highest BCUT2D eigenvalue weighted by atomic mass is 79.9. The molecule has 2 aromatic rings. The molecule has 0 saturated heterocycles. The average molecular weight is 375 g/mol. The van der Waals surface area contributed by atoms with Gasteiger partial charge >= 0.3 is 0 Å². The van der Waals surface area contributed by atoms with Crippen LogP contribution in [0.1, 0.15) is 27.0 Å². The van der Waals surface area contributed by atoms with E-state index in [2.05, 4.69) is 26.6 Å². The standard InChI is InChI=1S/C18H19BrN2O2/c1-11-8-12(2)17(13(3)9-11)21-16(22)10-20-18(23)14-4-6-15(19)7-5-14/h4-9H,10H2,1-3H3,(H,20,23)(H,21,22). The van der Waals surface area contributed by atoms with Crippen molar-refractivity contribution in [1.82, 2.24) is 5.32 Å². The van der Waals surface area contributed by atoms with Crippen LogP contribution in [0.4, 0.5) is 5.69 Å². The Kier molecular flexibility index (Phi) is 5.55. The van der Waals surface area contributed by atoms with E-state index in [4.69, 9.17) is 0 Å². The lowest BCUT2D eigenvalue weighted by Crippen LogP contribution is -2.33. The third-order valence-electron chi connectivity index (χ3n) is 3.46. The fourth-order valence-corrected chi connectivity index (χ4v) is 2.69. The predicted octanol–water partition coefficient (Wildman–Crippen LogP) is 3.74. The van der Waals surface area contributed by atoms with Crippen molar-refractivity contribution in [2.75, 3.05) is 11.9 Å². The SMILES string of the molecule is Cc1cc(C)c(NC(=O)CNC(=O)c2ccc(Br)cc2)c(C)c1. The van der Waals surface area contributed by atoms with E-state index >= 15 is 0 Å². The summed E-state index contributed by atoms with van der Waals surface area (Å²) in [7, 11) is 0. The second-order valence-electron chi connectivity index (χ2n) is 5.51. The van der Waals surface area contributed by atoms with Gasteiger partial charge in [0.25, 0.3) is 5.91 Å². The molecule has 0 fully saturated rings. The van der Waals surface area contributed by atoms with Crippen molar-refractivity contribution in [1.29, 1.82) is 0 Å². The van der Waals surface area contributed by atoms with E-state index in [0.29, 0.717) is 5.56 Å². The smallest absolute Gasteiger partial charge is 0.251 e. The topological polar surface area (TPSA) is 58.2 Å². The Morgan fingerprint density at radius 2 is 1.57 bits per heavy atom. The molecule has 2 amide bonds. The maximum absolute atomic E-state index is 12.1. The number of rotatable bonds is 4. The van der Waals surface area contributed by atoms with E-state index in [-0.39, 0.29) is 18.4 Å². The molecule has 4 nitrogen and oxygen atoms in total. The van der Waals surface area contributed by atoms with Crippen LogP contribution in [0.5, 0.6) is 0 Å². The Morgan fingerprint density at radius 1 is 1.00 bits per heavy atom. The summed E-state index contributed by atoms with van der Waals surface area (Å²) >= 11 is 3.32. The molecule has 0 spiro atoms. The Morgan fingerprint density at radius 3 is 2.13 bits per heavy atom. The largest absolute Gasteiger partial charge is 0.343 e. The number of nitrogens with one attached hydrogen (secondary N) is 2. The number of benzene rings is 2. The summed E-state index contributed by atoms with van der Waals surface area (Å²) in [6, 6.07) is 11.0. The zero-order chi connectivity index (χ0) is 17.0. The minimum atomic E-state index is -0.273. The molecule has 23 heavy (non-hydrogen) atoms. The van der Waals surface area contributed by atoms with Crippen LogP contribution in [0.3, 0.4) is 0 Å². The molecule has 0 aromatic heterocycles. The van der Waals surface area contributed by atoms with Gasteiger partial charge in [-0.1, -0.05) is 33.6 Å². The number of hydrogen-bond donors (Lipinski definition) is 2. The number of hydrogen-bond acceptors (Lipinski definition) is 2. The van der Waals surface area contributed by atoms with Gasteiger partial charge in [-0.25, -0.2) is 0 Å². The molecular weight excluding hydrogens is 356 g/mol. The Balaban J connectivity index is 1.95. The molecule has 0 aliphatic rings. The van der Waals surface area contributed by atoms with E-state index in [1.54, 1.807) is 24.3 Å². The lowest BCUT2D eigenvalue weighted by atomic mass is 10.1. The number of aryl methyl sites for hydroxylation is 3. The van der Waals surface area contributed by atoms with Crippen LogP contribution in [-0.2, 0) is 4.79 Å². The number of carbonyl (C=O) groups is 2. The fourth-order valence-electron chi connectivity index (χ4n) is 2.42. The second-order valence-corrected chi connectivity index (χ2v) is 6.43. The van der Waals surface area contributed by atoms with Gasteiger partial charge in [-0.3, -0.25) is 9.59 Å². The van der Waals surface area contributed by atoms with Crippen LogP contribution in [0.25, 0.3) is 0 Å². The van der Waals surface area contributed by atoms with Crippen molar-refractivity contribution in [2.45, 2.75) is 20.8 Å². The second kappa shape index (κ2) is 7.42. The lowest BCUT2D eigenvalue weighted by molar-refractivity contribution is -0.115. The third-order valence-corrected chi connectivity index (χ3v) is 3.99. The molecule has 0 radical (unpaired) electrons. The first-order chi connectivity index (χ1) is 10.9. The number of anilines is 1. The van der Waals surface area contributed by atoms with Crippen LogP contribution in [0.15, 0.2) is 40.9 Å². The molecule has 0 saturated carbocycles. The van der Waals surface area contributed by atoms with Crippen molar-refractivity contribution in [3.8, 4) is 0 Å². The van der Waals surface area contributed by atoms with Crippen molar-refractivity contribution in [3.05, 3.63) is 63.1 Å². The molecule has 0 aliphatic heterocycles. The molecule has 0 atom stereocenters. The van der Waals surface area contributed by atoms with Gasteiger partial charge in [0.15, 0.2) is 0 Å². The highest BCUT2D eigenvalue weighted by Gasteiger charge is 2.10. The third kappa shape index (κ3) is 4.66. The average Bonchev–Trinajstić information content (AvgIpc) is 2.49. The maximum atomic E-state index is 12.1. The Hall–Kier alpha value is -2.14. The van der Waals surface area contributed by atoms with Gasteiger partial charge < -0.3 is 10.6 Å². The minimum Gasteiger partial charge on any atom is -0.343 e. The molecule has 0 unspecified atom stereocenters. The lowest BCUT2D eigenvalue weighted by Gasteiger charge is -2.13. The summed E-state index contributed by atoms with van der Waals surface area (Å²) in [4.78, 5) is 24.0. The zero-order valence-electron chi connectivity index (χ0n) is 13.4. The van der Waals surface area contributed by atoms with Crippen LogP contribution >= 0.6 is 15.9 Å². The summed E-state index contributed by atoms with van der Waals surface area (Å²) in [5.74, 6) is -0.518. The molecule has 2 aromatic carbocycles. The molecule has 120 valence electrons. The number of carbonyl (C=O) groups excluding carboxylic acids is 2. The first kappa shape index (κ1) is 17.2. The first-order valence-electron chi connectivity index (χ1n) is 7.28. The van der Waals surface area contributed by atoms with Gasteiger partial charge in [0.2, 0.25) is 5.91 Å². The monoisotopic (exact) mass is 374 g/mol. The molecule has 0 aliphatic carbocycles. The van der Waals surface area contributed by atoms with E-state index in [1.807, 2.05) is 32.9 Å². The van der Waals surface area contributed by atoms with Crippen molar-refractivity contribution in [3.63, 3.8) is 0 Å². The normalized spacial score (nSPS) is 10.3. The van der Waals surface area contributed by atoms with Crippen molar-refractivity contribution < 1.29 is 9.59 Å². The summed E-state index contributed by atoms with van der Waals surface area (Å²) in [6.45, 7) is 5.86. The molecule has 2 N–H and O–H groups in total. The van der Waals surface area contributed by atoms with E-state index in [0.717, 1.165) is 26.9 Å². The van der Waals surface area contributed by atoms with E-state index in [9.17, 15) is 9.59 Å². The van der Waals surface area contributed by atoms with Gasteiger partial charge in [-0.15, -0.1) is 0 Å². The van der Waals surface area contributed by atoms with Crippen LogP contribution < -0.4 is 10.6 Å². The number of amides is 2. The quantitative estimate of drug-likeness (QED) is 0.855. The van der Waals surface area contributed by atoms with Crippen LogP contribution in [0.2, 0.25) is 0 Å². The molecule has 0 bridgehead atoms. The van der Waals surface area contributed by atoms with Gasteiger partial charge in [-0.2, -0.15) is 0 Å². The highest BCUT2D eigenvalue weighted by molar-refractivity contribution is 9.10. The first-order valence-corrected chi connectivity index (χ1v) is 8.07. The van der Waals surface area contributed by atoms with Crippen LogP contribution in [-0.4, -0.2) is 18.4 Å². The van der Waals surface area contributed by atoms with Gasteiger partial charge in [0.1, 0.15) is 0 Å². The highest BCUT2D eigenvalue weighted by Crippen LogP contribution is 2.21. The maximum Gasteiger partial charge on any atom is 0.251 e. The Bertz CT molecular complexity index is 716. The van der Waals surface area contributed by atoms with E-state index < -0.39 is 0 Å². The molecule has 2 rings (SSSR count). The minimum absolute atomic E-state index is 0.0678. The molecule has 0 heterocycles. The van der Waals surface area contributed by atoms with Gasteiger partial charge in [0, 0.05) is 15.7 Å². The molecular formula is C18H19BrN2O2. The fraction of sp³-hybridized carbons (Fsp3) is 0.222. The van der Waals surface area contributed by atoms with Gasteiger partial charge in [-0.05, 0) is 56.2 Å². The predicted molar refractivity (Wildman–Crippen MR) is 95.8 cm³/mol. The summed E-state index contributed by atoms with van der Waals surface area (Å²) < 4.78 is 0.900.